The Morgan fingerprint density at radius 2 is 2.39 bits per heavy atom. The second-order valence-corrected chi connectivity index (χ2v) is 5.36. The summed E-state index contributed by atoms with van der Waals surface area (Å²) in [5, 5.41) is 0. The molecule has 0 spiro atoms. The summed E-state index contributed by atoms with van der Waals surface area (Å²) in [4.78, 5) is 4.43. The second kappa shape index (κ2) is 6.14. The average molecular weight is 264 g/mol. The molecule has 1 heterocycles. The van der Waals surface area contributed by atoms with Crippen LogP contribution in [0, 0.1) is 5.92 Å². The highest BCUT2D eigenvalue weighted by Crippen LogP contribution is 2.29. The van der Waals surface area contributed by atoms with Crippen molar-refractivity contribution >= 4 is 17.2 Å². The number of nitrogens with zero attached hydrogens (tertiary/aromatic N) is 1. The van der Waals surface area contributed by atoms with E-state index in [4.69, 9.17) is 22.7 Å². The summed E-state index contributed by atoms with van der Waals surface area (Å²) < 4.78 is 6.02. The normalized spacial score (nSPS) is 23.6. The summed E-state index contributed by atoms with van der Waals surface area (Å²) in [6.45, 7) is 2.25. The van der Waals surface area contributed by atoms with Crippen LogP contribution >= 0.6 is 12.2 Å². The maximum Gasteiger partial charge on any atom is 0.123 e. The molecule has 0 aliphatic heterocycles. The summed E-state index contributed by atoms with van der Waals surface area (Å²) in [7, 11) is 0. The van der Waals surface area contributed by atoms with Gasteiger partial charge in [-0.1, -0.05) is 32.0 Å². The van der Waals surface area contributed by atoms with Crippen molar-refractivity contribution in [3.8, 4) is 5.75 Å². The third kappa shape index (κ3) is 3.42. The van der Waals surface area contributed by atoms with Crippen LogP contribution in [0.2, 0.25) is 0 Å². The fourth-order valence-electron chi connectivity index (χ4n) is 2.53. The van der Waals surface area contributed by atoms with Crippen LogP contribution in [0.3, 0.4) is 0 Å². The highest BCUT2D eigenvalue weighted by atomic mass is 32.1. The zero-order valence-corrected chi connectivity index (χ0v) is 11.6. The van der Waals surface area contributed by atoms with Crippen molar-refractivity contribution in [2.75, 3.05) is 0 Å². The molecule has 0 amide bonds. The summed E-state index contributed by atoms with van der Waals surface area (Å²) in [6.07, 6.45) is 8.16. The van der Waals surface area contributed by atoms with E-state index in [1.807, 2.05) is 12.1 Å². The van der Waals surface area contributed by atoms with Crippen LogP contribution in [0.1, 0.15) is 44.7 Å². The third-order valence-corrected chi connectivity index (χ3v) is 3.81. The summed E-state index contributed by atoms with van der Waals surface area (Å²) in [5.41, 5.74) is 6.20. The van der Waals surface area contributed by atoms with E-state index in [2.05, 4.69) is 11.9 Å². The van der Waals surface area contributed by atoms with Gasteiger partial charge in [0.2, 0.25) is 0 Å². The van der Waals surface area contributed by atoms with E-state index in [0.717, 1.165) is 24.5 Å². The van der Waals surface area contributed by atoms with Crippen molar-refractivity contribution in [1.82, 2.24) is 4.98 Å². The standard InChI is InChI=1S/C14H20N2OS/c1-2-10-4-3-5-11(8-10)17-12-6-7-16-13(9-12)14(15)18/h6-7,9-11H,2-5,8H2,1H3,(H2,15,18). The molecule has 2 unspecified atom stereocenters. The fourth-order valence-corrected chi connectivity index (χ4v) is 2.64. The molecule has 2 atom stereocenters. The smallest absolute Gasteiger partial charge is 0.123 e. The van der Waals surface area contributed by atoms with E-state index in [-0.39, 0.29) is 0 Å². The van der Waals surface area contributed by atoms with Gasteiger partial charge in [0.05, 0.1) is 6.10 Å². The molecule has 0 bridgehead atoms. The van der Waals surface area contributed by atoms with E-state index >= 15 is 0 Å². The second-order valence-electron chi connectivity index (χ2n) is 4.92. The minimum absolute atomic E-state index is 0.315. The van der Waals surface area contributed by atoms with Gasteiger partial charge in [-0.25, -0.2) is 0 Å². The molecule has 1 aromatic rings. The zero-order chi connectivity index (χ0) is 13.0. The molecule has 3 nitrogen and oxygen atoms in total. The lowest BCUT2D eigenvalue weighted by atomic mass is 9.85. The van der Waals surface area contributed by atoms with Crippen molar-refractivity contribution in [2.24, 2.45) is 11.7 Å². The lowest BCUT2D eigenvalue weighted by Crippen LogP contribution is -2.25. The van der Waals surface area contributed by atoms with Crippen molar-refractivity contribution in [3.05, 3.63) is 24.0 Å². The minimum Gasteiger partial charge on any atom is -0.490 e. The molecule has 0 aromatic carbocycles. The van der Waals surface area contributed by atoms with Crippen LogP contribution in [0.25, 0.3) is 0 Å². The minimum atomic E-state index is 0.315. The fraction of sp³-hybridized carbons (Fsp3) is 0.571. The molecule has 4 heteroatoms. The SMILES string of the molecule is CCC1CCCC(Oc2ccnc(C(N)=S)c2)C1. The predicted molar refractivity (Wildman–Crippen MR) is 76.8 cm³/mol. The Morgan fingerprint density at radius 3 is 3.11 bits per heavy atom. The van der Waals surface area contributed by atoms with Crippen molar-refractivity contribution < 1.29 is 4.74 Å². The van der Waals surface area contributed by atoms with Gasteiger partial charge in [0.15, 0.2) is 0 Å². The van der Waals surface area contributed by atoms with Gasteiger partial charge in [-0.2, -0.15) is 0 Å². The van der Waals surface area contributed by atoms with Crippen molar-refractivity contribution in [2.45, 2.75) is 45.1 Å². The molecule has 1 saturated carbocycles. The quantitative estimate of drug-likeness (QED) is 0.849. The van der Waals surface area contributed by atoms with Gasteiger partial charge in [0, 0.05) is 12.3 Å². The Balaban J connectivity index is 2.00. The van der Waals surface area contributed by atoms with Gasteiger partial charge in [0.25, 0.3) is 0 Å². The first-order chi connectivity index (χ1) is 8.69. The van der Waals surface area contributed by atoms with E-state index < -0.39 is 0 Å². The first-order valence-electron chi connectivity index (χ1n) is 6.61. The van der Waals surface area contributed by atoms with Crippen LogP contribution in [-0.2, 0) is 0 Å². The molecule has 18 heavy (non-hydrogen) atoms. The Kier molecular flexibility index (Phi) is 4.53. The van der Waals surface area contributed by atoms with Gasteiger partial charge >= 0.3 is 0 Å². The van der Waals surface area contributed by atoms with Gasteiger partial charge in [-0.05, 0) is 31.2 Å². The van der Waals surface area contributed by atoms with Gasteiger partial charge < -0.3 is 10.5 Å². The number of hydrogen-bond donors (Lipinski definition) is 1. The molecular formula is C14H20N2OS. The van der Waals surface area contributed by atoms with Crippen LogP contribution in [0.5, 0.6) is 5.75 Å². The number of thiocarbonyl (C=S) groups is 1. The molecule has 1 aliphatic rings. The number of hydrogen-bond acceptors (Lipinski definition) is 3. The van der Waals surface area contributed by atoms with Crippen LogP contribution < -0.4 is 10.5 Å². The summed E-state index contributed by atoms with van der Waals surface area (Å²) >= 11 is 4.92. The van der Waals surface area contributed by atoms with Gasteiger partial charge in [0.1, 0.15) is 16.4 Å². The zero-order valence-electron chi connectivity index (χ0n) is 10.8. The highest BCUT2D eigenvalue weighted by molar-refractivity contribution is 7.80. The maximum absolute atomic E-state index is 6.02. The number of pyridine rings is 1. The molecule has 2 rings (SSSR count). The number of aromatic nitrogens is 1. The van der Waals surface area contributed by atoms with Crippen molar-refractivity contribution in [1.29, 1.82) is 0 Å². The summed E-state index contributed by atoms with van der Waals surface area (Å²) in [5.74, 6) is 1.63. The summed E-state index contributed by atoms with van der Waals surface area (Å²) in [6, 6.07) is 3.70. The maximum atomic E-state index is 6.02. The Morgan fingerprint density at radius 1 is 1.56 bits per heavy atom. The largest absolute Gasteiger partial charge is 0.490 e. The lowest BCUT2D eigenvalue weighted by molar-refractivity contribution is 0.122. The average Bonchev–Trinajstić information content (AvgIpc) is 2.39. The Bertz CT molecular complexity index is 422. The molecule has 1 aliphatic carbocycles. The Hall–Kier alpha value is -1.16. The molecule has 0 saturated heterocycles. The number of rotatable bonds is 4. The van der Waals surface area contributed by atoms with Gasteiger partial charge in [-0.3, -0.25) is 4.98 Å². The predicted octanol–water partition coefficient (Wildman–Crippen LogP) is 3.06. The number of ether oxygens (including phenoxy) is 1. The van der Waals surface area contributed by atoms with Gasteiger partial charge in [-0.15, -0.1) is 0 Å². The molecule has 1 aromatic heterocycles. The topological polar surface area (TPSA) is 48.1 Å². The first kappa shape index (κ1) is 13.3. The first-order valence-corrected chi connectivity index (χ1v) is 7.02. The van der Waals surface area contributed by atoms with E-state index in [9.17, 15) is 0 Å². The van der Waals surface area contributed by atoms with Crippen LogP contribution in [0.15, 0.2) is 18.3 Å². The van der Waals surface area contributed by atoms with Crippen LogP contribution in [-0.4, -0.2) is 16.1 Å². The van der Waals surface area contributed by atoms with E-state index in [1.165, 1.54) is 19.3 Å². The van der Waals surface area contributed by atoms with E-state index in [1.54, 1.807) is 6.20 Å². The number of nitrogens with two attached hydrogens (primary N) is 1. The monoisotopic (exact) mass is 264 g/mol. The molecular weight excluding hydrogens is 244 g/mol. The molecule has 98 valence electrons. The van der Waals surface area contributed by atoms with E-state index in [0.29, 0.717) is 16.8 Å². The highest BCUT2D eigenvalue weighted by Gasteiger charge is 2.22. The Labute approximate surface area is 114 Å². The molecule has 2 N–H and O–H groups in total. The lowest BCUT2D eigenvalue weighted by Gasteiger charge is -2.29. The third-order valence-electron chi connectivity index (χ3n) is 3.60. The van der Waals surface area contributed by atoms with Crippen LogP contribution in [0.4, 0.5) is 0 Å². The molecule has 1 fully saturated rings. The molecule has 0 radical (unpaired) electrons. The van der Waals surface area contributed by atoms with Crippen molar-refractivity contribution in [3.63, 3.8) is 0 Å².